The number of benzene rings is 1. The molecule has 92 valence electrons. The summed E-state index contributed by atoms with van der Waals surface area (Å²) in [6.45, 7) is 4.41. The van der Waals surface area contributed by atoms with E-state index in [0.717, 1.165) is 32.7 Å². The normalized spacial score (nSPS) is 33.6. The molecule has 2 aliphatic rings. The highest BCUT2D eigenvalue weighted by Crippen LogP contribution is 2.28. The van der Waals surface area contributed by atoms with Crippen molar-refractivity contribution in [3.05, 3.63) is 35.9 Å². The first kappa shape index (κ1) is 11.2. The molecule has 0 spiro atoms. The Kier molecular flexibility index (Phi) is 3.12. The smallest absolute Gasteiger partial charge is 0.111 e. The van der Waals surface area contributed by atoms with Gasteiger partial charge < -0.3 is 5.32 Å². The van der Waals surface area contributed by atoms with E-state index in [4.69, 9.17) is 0 Å². The fourth-order valence-corrected chi connectivity index (χ4v) is 3.10. The Bertz CT molecular complexity index is 354. The topological polar surface area (TPSA) is 15.3 Å². The van der Waals surface area contributed by atoms with Gasteiger partial charge in [-0.15, -0.1) is 0 Å². The Morgan fingerprint density at radius 2 is 1.76 bits per heavy atom. The molecule has 2 aliphatic heterocycles. The third kappa shape index (κ3) is 2.35. The summed E-state index contributed by atoms with van der Waals surface area (Å²) in [6, 6.07) is 10.5. The number of piperidine rings is 2. The molecule has 17 heavy (non-hydrogen) atoms. The number of fused-ring (bicyclic) bond motifs is 2. The molecule has 0 saturated carbocycles. The van der Waals surface area contributed by atoms with E-state index in [1.165, 1.54) is 5.56 Å². The van der Waals surface area contributed by atoms with Gasteiger partial charge in [0.15, 0.2) is 0 Å². The largest absolute Gasteiger partial charge is 0.316 e. The lowest BCUT2D eigenvalue weighted by Gasteiger charge is -2.44. The first-order valence-electron chi connectivity index (χ1n) is 6.44. The van der Waals surface area contributed by atoms with Gasteiger partial charge >= 0.3 is 0 Å². The molecular weight excluding hydrogens is 215 g/mol. The van der Waals surface area contributed by atoms with Gasteiger partial charge in [0, 0.05) is 44.6 Å². The Balaban J connectivity index is 1.66. The van der Waals surface area contributed by atoms with Gasteiger partial charge in [0.1, 0.15) is 6.17 Å². The molecule has 0 aromatic heterocycles. The molecule has 2 nitrogen and oxygen atoms in total. The molecule has 0 amide bonds. The van der Waals surface area contributed by atoms with Crippen LogP contribution < -0.4 is 5.32 Å². The summed E-state index contributed by atoms with van der Waals surface area (Å²) in [5.74, 6) is 0.373. The van der Waals surface area contributed by atoms with E-state index in [0.29, 0.717) is 0 Å². The number of alkyl halides is 1. The van der Waals surface area contributed by atoms with Crippen LogP contribution in [0.3, 0.4) is 0 Å². The van der Waals surface area contributed by atoms with Crippen molar-refractivity contribution >= 4 is 0 Å². The highest BCUT2D eigenvalue weighted by atomic mass is 19.1. The summed E-state index contributed by atoms with van der Waals surface area (Å²) >= 11 is 0. The molecule has 1 aromatic carbocycles. The Labute approximate surface area is 102 Å². The number of hydrogen-bond acceptors (Lipinski definition) is 2. The fourth-order valence-electron chi connectivity index (χ4n) is 3.10. The predicted molar refractivity (Wildman–Crippen MR) is 66.5 cm³/mol. The zero-order chi connectivity index (χ0) is 11.7. The number of nitrogens with zero attached hydrogens (tertiary/aromatic N) is 1. The maximum Gasteiger partial charge on any atom is 0.111 e. The molecule has 2 bridgehead atoms. The average molecular weight is 234 g/mol. The molecule has 1 aromatic rings. The van der Waals surface area contributed by atoms with Crippen molar-refractivity contribution < 1.29 is 4.39 Å². The Hall–Kier alpha value is -0.930. The van der Waals surface area contributed by atoms with Crippen molar-refractivity contribution in [2.45, 2.75) is 12.7 Å². The van der Waals surface area contributed by atoms with Crippen LogP contribution in [0.1, 0.15) is 5.56 Å². The maximum absolute atomic E-state index is 13.9. The van der Waals surface area contributed by atoms with E-state index in [1.807, 2.05) is 6.07 Å². The van der Waals surface area contributed by atoms with Crippen LogP contribution in [0.5, 0.6) is 0 Å². The van der Waals surface area contributed by atoms with Gasteiger partial charge in [0.25, 0.3) is 0 Å². The summed E-state index contributed by atoms with van der Waals surface area (Å²) in [5, 5.41) is 3.33. The van der Waals surface area contributed by atoms with Crippen molar-refractivity contribution in [1.82, 2.24) is 10.2 Å². The number of hydrogen-bond donors (Lipinski definition) is 1. The summed E-state index contributed by atoms with van der Waals surface area (Å²) in [6.07, 6.45) is -0.594. The molecule has 2 saturated heterocycles. The van der Waals surface area contributed by atoms with Crippen LogP contribution in [0.2, 0.25) is 0 Å². The number of rotatable bonds is 2. The van der Waals surface area contributed by atoms with Crippen molar-refractivity contribution in [2.24, 2.45) is 11.8 Å². The van der Waals surface area contributed by atoms with Crippen LogP contribution in [0, 0.1) is 11.8 Å². The summed E-state index contributed by atoms with van der Waals surface area (Å²) < 4.78 is 13.9. The first-order chi connectivity index (χ1) is 8.33. The highest BCUT2D eigenvalue weighted by molar-refractivity contribution is 5.14. The van der Waals surface area contributed by atoms with E-state index in [1.54, 1.807) is 0 Å². The van der Waals surface area contributed by atoms with Crippen LogP contribution in [0.25, 0.3) is 0 Å². The predicted octanol–water partition coefficient (Wildman–Crippen LogP) is 1.68. The van der Waals surface area contributed by atoms with E-state index >= 15 is 0 Å². The van der Waals surface area contributed by atoms with Gasteiger partial charge in [0.2, 0.25) is 0 Å². The quantitative estimate of drug-likeness (QED) is 0.837. The van der Waals surface area contributed by atoms with Crippen molar-refractivity contribution in [2.75, 3.05) is 26.2 Å². The van der Waals surface area contributed by atoms with Crippen LogP contribution >= 0.6 is 0 Å². The van der Waals surface area contributed by atoms with Crippen LogP contribution in [-0.2, 0) is 6.54 Å². The fraction of sp³-hybridized carbons (Fsp3) is 0.571. The second-order valence-corrected chi connectivity index (χ2v) is 5.30. The number of likely N-dealkylation sites (tertiary alicyclic amines) is 1. The molecule has 2 unspecified atom stereocenters. The summed E-state index contributed by atoms with van der Waals surface area (Å²) in [4.78, 5) is 2.40. The second kappa shape index (κ2) is 4.75. The van der Waals surface area contributed by atoms with E-state index in [9.17, 15) is 4.39 Å². The average Bonchev–Trinajstić information content (AvgIpc) is 2.32. The van der Waals surface area contributed by atoms with E-state index in [-0.39, 0.29) is 11.8 Å². The van der Waals surface area contributed by atoms with Gasteiger partial charge in [-0.1, -0.05) is 30.3 Å². The lowest BCUT2D eigenvalue weighted by atomic mass is 9.83. The van der Waals surface area contributed by atoms with Crippen LogP contribution in [0.15, 0.2) is 30.3 Å². The summed E-state index contributed by atoms with van der Waals surface area (Å²) in [7, 11) is 0. The van der Waals surface area contributed by atoms with Gasteiger partial charge in [0.05, 0.1) is 0 Å². The minimum Gasteiger partial charge on any atom is -0.316 e. The van der Waals surface area contributed by atoms with Gasteiger partial charge in [-0.05, 0) is 5.56 Å². The molecule has 2 heterocycles. The third-order valence-electron chi connectivity index (χ3n) is 3.95. The molecule has 2 atom stereocenters. The molecule has 0 aliphatic carbocycles. The molecule has 1 N–H and O–H groups in total. The summed E-state index contributed by atoms with van der Waals surface area (Å²) in [5.41, 5.74) is 1.33. The van der Waals surface area contributed by atoms with Crippen LogP contribution in [0.4, 0.5) is 4.39 Å². The molecule has 3 rings (SSSR count). The molecular formula is C14H19FN2. The standard InChI is InChI=1S/C14H19FN2/c15-14-12-6-16-7-13(14)10-17(9-12)8-11-4-2-1-3-5-11/h1-5,12-14,16H,6-10H2. The molecule has 2 fully saturated rings. The lowest BCUT2D eigenvalue weighted by molar-refractivity contribution is 0.00758. The Morgan fingerprint density at radius 3 is 2.41 bits per heavy atom. The number of halogens is 1. The SMILES string of the molecule is FC1C2CNCC1CN(Cc1ccccc1)C2. The van der Waals surface area contributed by atoms with Gasteiger partial charge in [-0.2, -0.15) is 0 Å². The zero-order valence-electron chi connectivity index (χ0n) is 9.98. The molecule has 3 heteroatoms. The van der Waals surface area contributed by atoms with Crippen molar-refractivity contribution in [3.63, 3.8) is 0 Å². The highest BCUT2D eigenvalue weighted by Gasteiger charge is 2.39. The van der Waals surface area contributed by atoms with Gasteiger partial charge in [-0.3, -0.25) is 4.90 Å². The third-order valence-corrected chi connectivity index (χ3v) is 3.95. The van der Waals surface area contributed by atoms with Gasteiger partial charge in [-0.25, -0.2) is 4.39 Å². The molecule has 0 radical (unpaired) electrons. The Morgan fingerprint density at radius 1 is 1.12 bits per heavy atom. The van der Waals surface area contributed by atoms with Crippen LogP contribution in [-0.4, -0.2) is 37.3 Å². The van der Waals surface area contributed by atoms with E-state index in [2.05, 4.69) is 34.5 Å². The monoisotopic (exact) mass is 234 g/mol. The zero-order valence-corrected chi connectivity index (χ0v) is 9.98. The van der Waals surface area contributed by atoms with Crippen molar-refractivity contribution in [3.8, 4) is 0 Å². The number of nitrogens with one attached hydrogen (secondary N) is 1. The lowest BCUT2D eigenvalue weighted by Crippen LogP contribution is -2.57. The minimum atomic E-state index is -0.594. The first-order valence-corrected chi connectivity index (χ1v) is 6.44. The van der Waals surface area contributed by atoms with Crippen molar-refractivity contribution in [1.29, 1.82) is 0 Å². The minimum absolute atomic E-state index is 0.186. The van der Waals surface area contributed by atoms with E-state index < -0.39 is 6.17 Å². The maximum atomic E-state index is 13.9. The second-order valence-electron chi connectivity index (χ2n) is 5.30.